The standard InChI is InChI=1S/C8H11N5O/c1-4(2)7-11-8-10-5(9)3-6(14)13(8)12-7/h3-4H,9H2,1-2H3,(H,10,11,12). The molecule has 0 amide bonds. The minimum atomic E-state index is -0.244. The van der Waals surface area contributed by atoms with E-state index in [-0.39, 0.29) is 17.3 Å². The van der Waals surface area contributed by atoms with Crippen molar-refractivity contribution in [2.24, 2.45) is 0 Å². The number of H-pyrrole nitrogens is 1. The molecule has 14 heavy (non-hydrogen) atoms. The third-order valence-electron chi connectivity index (χ3n) is 1.91. The van der Waals surface area contributed by atoms with Gasteiger partial charge < -0.3 is 5.73 Å². The second-order valence-electron chi connectivity index (χ2n) is 3.42. The Morgan fingerprint density at radius 1 is 1.50 bits per heavy atom. The fourth-order valence-corrected chi connectivity index (χ4v) is 1.17. The molecule has 6 heteroatoms. The van der Waals surface area contributed by atoms with Crippen LogP contribution < -0.4 is 11.3 Å². The number of nitrogens with two attached hydrogens (primary N) is 1. The zero-order chi connectivity index (χ0) is 10.3. The van der Waals surface area contributed by atoms with Crippen LogP contribution in [0.25, 0.3) is 5.78 Å². The highest BCUT2D eigenvalue weighted by Crippen LogP contribution is 2.08. The van der Waals surface area contributed by atoms with Crippen LogP contribution in [0.4, 0.5) is 5.82 Å². The summed E-state index contributed by atoms with van der Waals surface area (Å²) in [5, 5.41) is 2.87. The van der Waals surface area contributed by atoms with E-state index < -0.39 is 0 Å². The molecule has 74 valence electrons. The second kappa shape index (κ2) is 2.83. The zero-order valence-electron chi connectivity index (χ0n) is 7.98. The first-order chi connectivity index (χ1) is 6.58. The monoisotopic (exact) mass is 193 g/mol. The zero-order valence-corrected chi connectivity index (χ0v) is 7.98. The number of hydrogen-bond acceptors (Lipinski definition) is 4. The topological polar surface area (TPSA) is 89.1 Å². The summed E-state index contributed by atoms with van der Waals surface area (Å²) in [5.74, 6) is 1.45. The van der Waals surface area contributed by atoms with Crippen LogP contribution in [0.1, 0.15) is 25.6 Å². The van der Waals surface area contributed by atoms with Crippen molar-refractivity contribution in [2.75, 3.05) is 5.73 Å². The lowest BCUT2D eigenvalue weighted by Crippen LogP contribution is -2.15. The molecule has 0 bridgehead atoms. The molecule has 2 rings (SSSR count). The Labute approximate surface area is 79.8 Å². The average Bonchev–Trinajstić information content (AvgIpc) is 2.47. The van der Waals surface area contributed by atoms with Crippen molar-refractivity contribution in [2.45, 2.75) is 19.8 Å². The highest BCUT2D eigenvalue weighted by atomic mass is 16.1. The number of fused-ring (bicyclic) bond motifs is 1. The van der Waals surface area contributed by atoms with Gasteiger partial charge in [-0.3, -0.25) is 9.89 Å². The van der Waals surface area contributed by atoms with Gasteiger partial charge >= 0.3 is 0 Å². The number of aromatic nitrogens is 4. The Hall–Kier alpha value is -1.85. The Bertz CT molecular complexity index is 524. The average molecular weight is 193 g/mol. The number of nitrogens with zero attached hydrogens (tertiary/aromatic N) is 3. The highest BCUT2D eigenvalue weighted by Gasteiger charge is 2.08. The van der Waals surface area contributed by atoms with Gasteiger partial charge in [0.05, 0.1) is 0 Å². The predicted molar refractivity (Wildman–Crippen MR) is 52.1 cm³/mol. The first-order valence-electron chi connectivity index (χ1n) is 4.33. The van der Waals surface area contributed by atoms with Crippen LogP contribution in [0.3, 0.4) is 0 Å². The third-order valence-corrected chi connectivity index (χ3v) is 1.91. The van der Waals surface area contributed by atoms with Gasteiger partial charge in [-0.25, -0.2) is 0 Å². The molecular weight excluding hydrogens is 182 g/mol. The fourth-order valence-electron chi connectivity index (χ4n) is 1.17. The molecular formula is C8H11N5O. The maximum absolute atomic E-state index is 11.4. The van der Waals surface area contributed by atoms with Crippen molar-refractivity contribution in [1.82, 2.24) is 19.6 Å². The first-order valence-corrected chi connectivity index (χ1v) is 4.33. The number of hydrogen-bond donors (Lipinski definition) is 2. The van der Waals surface area contributed by atoms with Crippen LogP contribution in [-0.2, 0) is 0 Å². The molecule has 0 fully saturated rings. The van der Waals surface area contributed by atoms with Gasteiger partial charge in [0.1, 0.15) is 11.6 Å². The number of nitrogen functional groups attached to an aromatic ring is 1. The Balaban J connectivity index is 2.77. The summed E-state index contributed by atoms with van der Waals surface area (Å²) in [6.07, 6.45) is 0. The van der Waals surface area contributed by atoms with Crippen molar-refractivity contribution in [3.63, 3.8) is 0 Å². The molecule has 3 N–H and O–H groups in total. The van der Waals surface area contributed by atoms with Gasteiger partial charge in [0.15, 0.2) is 0 Å². The van der Waals surface area contributed by atoms with Gasteiger partial charge in [-0.1, -0.05) is 13.8 Å². The van der Waals surface area contributed by atoms with Crippen LogP contribution in [0.15, 0.2) is 10.9 Å². The van der Waals surface area contributed by atoms with E-state index in [1.165, 1.54) is 10.6 Å². The lowest BCUT2D eigenvalue weighted by atomic mass is 10.2. The molecule has 0 unspecified atom stereocenters. The van der Waals surface area contributed by atoms with Crippen LogP contribution in [0.2, 0.25) is 0 Å². The van der Waals surface area contributed by atoms with Gasteiger partial charge in [0, 0.05) is 12.0 Å². The Kier molecular flexibility index (Phi) is 1.77. The smallest absolute Gasteiger partial charge is 0.276 e. The summed E-state index contributed by atoms with van der Waals surface area (Å²) in [5.41, 5.74) is 5.19. The van der Waals surface area contributed by atoms with Crippen molar-refractivity contribution >= 4 is 11.6 Å². The second-order valence-corrected chi connectivity index (χ2v) is 3.42. The molecule has 0 radical (unpaired) electrons. The van der Waals surface area contributed by atoms with Gasteiger partial charge in [-0.2, -0.15) is 14.5 Å². The molecule has 0 atom stereocenters. The molecule has 2 aromatic heterocycles. The van der Waals surface area contributed by atoms with E-state index in [1.54, 1.807) is 0 Å². The quantitative estimate of drug-likeness (QED) is 0.673. The van der Waals surface area contributed by atoms with E-state index in [0.717, 1.165) is 5.82 Å². The molecule has 2 aromatic rings. The highest BCUT2D eigenvalue weighted by molar-refractivity contribution is 5.37. The van der Waals surface area contributed by atoms with Crippen molar-refractivity contribution in [3.05, 3.63) is 22.2 Å². The van der Waals surface area contributed by atoms with E-state index >= 15 is 0 Å². The third kappa shape index (κ3) is 1.24. The van der Waals surface area contributed by atoms with Crippen LogP contribution in [-0.4, -0.2) is 19.6 Å². The van der Waals surface area contributed by atoms with Gasteiger partial charge in [-0.05, 0) is 0 Å². The molecule has 0 saturated carbocycles. The van der Waals surface area contributed by atoms with Crippen LogP contribution >= 0.6 is 0 Å². The Morgan fingerprint density at radius 2 is 2.21 bits per heavy atom. The van der Waals surface area contributed by atoms with E-state index in [1.807, 2.05) is 13.8 Å². The van der Waals surface area contributed by atoms with Crippen molar-refractivity contribution in [1.29, 1.82) is 0 Å². The Morgan fingerprint density at radius 3 is 2.86 bits per heavy atom. The predicted octanol–water partition coefficient (Wildman–Crippen LogP) is 0.123. The van der Waals surface area contributed by atoms with Crippen LogP contribution in [0.5, 0.6) is 0 Å². The normalized spacial score (nSPS) is 11.4. The van der Waals surface area contributed by atoms with E-state index in [2.05, 4.69) is 15.1 Å². The summed E-state index contributed by atoms with van der Waals surface area (Å²) < 4.78 is 1.28. The van der Waals surface area contributed by atoms with Crippen molar-refractivity contribution < 1.29 is 0 Å². The number of rotatable bonds is 1. The van der Waals surface area contributed by atoms with Crippen LogP contribution in [0, 0.1) is 0 Å². The summed E-state index contributed by atoms with van der Waals surface area (Å²) >= 11 is 0. The van der Waals surface area contributed by atoms with Crippen molar-refractivity contribution in [3.8, 4) is 0 Å². The number of anilines is 1. The summed E-state index contributed by atoms with van der Waals surface area (Å²) in [6, 6.07) is 1.26. The molecule has 0 aliphatic rings. The lowest BCUT2D eigenvalue weighted by molar-refractivity contribution is 0.758. The maximum atomic E-state index is 11.4. The summed E-state index contributed by atoms with van der Waals surface area (Å²) in [7, 11) is 0. The molecule has 0 aromatic carbocycles. The molecule has 2 heterocycles. The summed E-state index contributed by atoms with van der Waals surface area (Å²) in [4.78, 5) is 19.5. The number of aromatic amines is 1. The SMILES string of the molecule is CC(C)c1nc2nc(N)cc(=O)n2[nH]1. The molecule has 0 saturated heterocycles. The van der Waals surface area contributed by atoms with Gasteiger partial charge in [-0.15, -0.1) is 0 Å². The molecule has 0 aliphatic carbocycles. The first kappa shape index (κ1) is 8.74. The minimum absolute atomic E-state index is 0.191. The maximum Gasteiger partial charge on any atom is 0.276 e. The molecule has 6 nitrogen and oxygen atoms in total. The van der Waals surface area contributed by atoms with E-state index in [9.17, 15) is 4.79 Å². The largest absolute Gasteiger partial charge is 0.383 e. The number of nitrogens with one attached hydrogen (secondary N) is 1. The molecule has 0 spiro atoms. The molecule has 0 aliphatic heterocycles. The van der Waals surface area contributed by atoms with Gasteiger partial charge in [0.25, 0.3) is 11.3 Å². The van der Waals surface area contributed by atoms with E-state index in [4.69, 9.17) is 5.73 Å². The lowest BCUT2D eigenvalue weighted by Gasteiger charge is -1.94. The van der Waals surface area contributed by atoms with E-state index in [0.29, 0.717) is 5.78 Å². The fraction of sp³-hybridized carbons (Fsp3) is 0.375. The minimum Gasteiger partial charge on any atom is -0.383 e. The van der Waals surface area contributed by atoms with Gasteiger partial charge in [0.2, 0.25) is 0 Å². The summed E-state index contributed by atoms with van der Waals surface area (Å²) in [6.45, 7) is 3.96.